The van der Waals surface area contributed by atoms with Crippen molar-refractivity contribution in [1.82, 2.24) is 5.32 Å². The second kappa shape index (κ2) is 5.65. The molecular weight excluding hydrogens is 293 g/mol. The Morgan fingerprint density at radius 2 is 1.95 bits per heavy atom. The van der Waals surface area contributed by atoms with E-state index in [1.165, 1.54) is 5.56 Å². The molecule has 0 saturated heterocycles. The molecule has 2 atom stereocenters. The summed E-state index contributed by atoms with van der Waals surface area (Å²) in [5, 5.41) is 4.46. The van der Waals surface area contributed by atoms with Crippen molar-refractivity contribution in [3.8, 4) is 5.75 Å². The Bertz CT molecular complexity index is 605. The molecule has 0 spiro atoms. The van der Waals surface area contributed by atoms with Gasteiger partial charge in [-0.05, 0) is 30.3 Å². The highest BCUT2D eigenvalue weighted by Gasteiger charge is 2.31. The molecule has 0 saturated carbocycles. The first kappa shape index (κ1) is 13.7. The van der Waals surface area contributed by atoms with Crippen LogP contribution in [0.2, 0.25) is 10.0 Å². The molecule has 0 fully saturated rings. The topological polar surface area (TPSA) is 21.3 Å². The summed E-state index contributed by atoms with van der Waals surface area (Å²) in [6, 6.07) is 13.8. The summed E-state index contributed by atoms with van der Waals surface area (Å²) in [7, 11) is 1.91. The zero-order valence-corrected chi connectivity index (χ0v) is 12.6. The van der Waals surface area contributed by atoms with Crippen LogP contribution in [-0.4, -0.2) is 13.2 Å². The van der Waals surface area contributed by atoms with E-state index in [0.29, 0.717) is 10.0 Å². The number of halogens is 2. The Hall–Kier alpha value is -1.22. The first-order valence-electron chi connectivity index (χ1n) is 6.56. The van der Waals surface area contributed by atoms with Crippen molar-refractivity contribution < 1.29 is 4.74 Å². The van der Waals surface area contributed by atoms with Gasteiger partial charge in [0.2, 0.25) is 0 Å². The summed E-state index contributed by atoms with van der Waals surface area (Å²) in [5.74, 6) is 0.955. The number of fused-ring (bicyclic) bond motifs is 1. The van der Waals surface area contributed by atoms with Gasteiger partial charge in [0.15, 0.2) is 0 Å². The number of para-hydroxylation sites is 1. The predicted octanol–water partition coefficient (Wildman–Crippen LogP) is 4.26. The number of hydrogen-bond acceptors (Lipinski definition) is 2. The van der Waals surface area contributed by atoms with Gasteiger partial charge < -0.3 is 10.1 Å². The normalized spacial score (nSPS) is 18.4. The minimum Gasteiger partial charge on any atom is -0.488 e. The van der Waals surface area contributed by atoms with E-state index in [2.05, 4.69) is 11.4 Å². The van der Waals surface area contributed by atoms with Crippen LogP contribution >= 0.6 is 23.2 Å². The van der Waals surface area contributed by atoms with E-state index in [9.17, 15) is 0 Å². The van der Waals surface area contributed by atoms with Crippen molar-refractivity contribution in [2.75, 3.05) is 7.05 Å². The molecule has 0 bridgehead atoms. The van der Waals surface area contributed by atoms with E-state index in [4.69, 9.17) is 27.9 Å². The molecule has 1 aliphatic heterocycles. The monoisotopic (exact) mass is 307 g/mol. The van der Waals surface area contributed by atoms with E-state index >= 15 is 0 Å². The lowest BCUT2D eigenvalue weighted by atomic mass is 9.98. The Morgan fingerprint density at radius 3 is 2.70 bits per heavy atom. The molecule has 2 aromatic carbocycles. The maximum Gasteiger partial charge on any atom is 0.123 e. The molecule has 104 valence electrons. The van der Waals surface area contributed by atoms with Crippen molar-refractivity contribution in [3.63, 3.8) is 0 Å². The molecule has 2 unspecified atom stereocenters. The molecule has 1 aliphatic rings. The van der Waals surface area contributed by atoms with Gasteiger partial charge >= 0.3 is 0 Å². The van der Waals surface area contributed by atoms with Crippen molar-refractivity contribution in [2.45, 2.75) is 18.6 Å². The van der Waals surface area contributed by atoms with E-state index in [1.807, 2.05) is 37.4 Å². The summed E-state index contributed by atoms with van der Waals surface area (Å²) in [5.41, 5.74) is 2.20. The van der Waals surface area contributed by atoms with Gasteiger partial charge in [0, 0.05) is 6.42 Å². The predicted molar refractivity (Wildman–Crippen MR) is 82.8 cm³/mol. The molecular formula is C16H15Cl2NO. The van der Waals surface area contributed by atoms with Gasteiger partial charge in [0.1, 0.15) is 11.9 Å². The summed E-state index contributed by atoms with van der Waals surface area (Å²) >= 11 is 12.4. The first-order valence-corrected chi connectivity index (χ1v) is 7.32. The third-order valence-electron chi connectivity index (χ3n) is 3.67. The highest BCUT2D eigenvalue weighted by atomic mass is 35.5. The largest absolute Gasteiger partial charge is 0.488 e. The van der Waals surface area contributed by atoms with Crippen molar-refractivity contribution >= 4 is 23.2 Å². The van der Waals surface area contributed by atoms with Crippen LogP contribution in [0.4, 0.5) is 0 Å². The van der Waals surface area contributed by atoms with E-state index in [0.717, 1.165) is 17.7 Å². The molecule has 0 aliphatic carbocycles. The maximum absolute atomic E-state index is 6.33. The van der Waals surface area contributed by atoms with Crippen molar-refractivity contribution in [2.24, 2.45) is 0 Å². The molecule has 20 heavy (non-hydrogen) atoms. The fraction of sp³-hybridized carbons (Fsp3) is 0.250. The van der Waals surface area contributed by atoms with E-state index in [-0.39, 0.29) is 12.1 Å². The molecule has 2 aromatic rings. The Morgan fingerprint density at radius 1 is 1.15 bits per heavy atom. The fourth-order valence-corrected chi connectivity index (χ4v) is 3.12. The zero-order chi connectivity index (χ0) is 14.1. The van der Waals surface area contributed by atoms with Gasteiger partial charge in [-0.1, -0.05) is 53.5 Å². The van der Waals surface area contributed by atoms with Crippen LogP contribution in [-0.2, 0) is 6.42 Å². The molecule has 0 aromatic heterocycles. The number of nitrogens with one attached hydrogen (secondary N) is 1. The number of benzene rings is 2. The molecule has 0 amide bonds. The van der Waals surface area contributed by atoms with Gasteiger partial charge in [-0.3, -0.25) is 0 Å². The van der Waals surface area contributed by atoms with Crippen LogP contribution in [0.15, 0.2) is 42.5 Å². The second-order valence-electron chi connectivity index (χ2n) is 4.88. The lowest BCUT2D eigenvalue weighted by molar-refractivity contribution is 0.183. The van der Waals surface area contributed by atoms with Gasteiger partial charge in [-0.25, -0.2) is 0 Å². The Kier molecular flexibility index (Phi) is 3.88. The van der Waals surface area contributed by atoms with Gasteiger partial charge in [0.25, 0.3) is 0 Å². The number of likely N-dealkylation sites (N-methyl/N-ethyl adjacent to an activating group) is 1. The molecule has 0 radical (unpaired) electrons. The summed E-state index contributed by atoms with van der Waals surface area (Å²) in [4.78, 5) is 0. The Labute approximate surface area is 128 Å². The molecule has 1 N–H and O–H groups in total. The third-order valence-corrected chi connectivity index (χ3v) is 4.50. The van der Waals surface area contributed by atoms with Crippen molar-refractivity contribution in [3.05, 3.63) is 63.6 Å². The lowest BCUT2D eigenvalue weighted by Gasteiger charge is -2.24. The first-order chi connectivity index (χ1) is 9.70. The minimum absolute atomic E-state index is 0.00796. The average Bonchev–Trinajstić information content (AvgIpc) is 2.87. The van der Waals surface area contributed by atoms with Crippen LogP contribution in [0.3, 0.4) is 0 Å². The summed E-state index contributed by atoms with van der Waals surface area (Å²) in [6.45, 7) is 0. The second-order valence-corrected chi connectivity index (χ2v) is 5.66. The van der Waals surface area contributed by atoms with Gasteiger partial charge in [-0.2, -0.15) is 0 Å². The van der Waals surface area contributed by atoms with Crippen molar-refractivity contribution in [1.29, 1.82) is 0 Å². The number of rotatable bonds is 3. The quantitative estimate of drug-likeness (QED) is 0.915. The van der Waals surface area contributed by atoms with Crippen LogP contribution in [0.25, 0.3) is 0 Å². The maximum atomic E-state index is 6.33. The highest BCUT2D eigenvalue weighted by Crippen LogP contribution is 2.37. The summed E-state index contributed by atoms with van der Waals surface area (Å²) in [6.07, 6.45) is 0.887. The number of hydrogen-bond donors (Lipinski definition) is 1. The fourth-order valence-electron chi connectivity index (χ4n) is 2.70. The smallest absolute Gasteiger partial charge is 0.123 e. The van der Waals surface area contributed by atoms with Crippen LogP contribution in [0.1, 0.15) is 17.2 Å². The lowest BCUT2D eigenvalue weighted by Crippen LogP contribution is -2.33. The van der Waals surface area contributed by atoms with Crippen LogP contribution in [0, 0.1) is 0 Å². The molecule has 4 heteroatoms. The van der Waals surface area contributed by atoms with Crippen LogP contribution in [0.5, 0.6) is 5.75 Å². The van der Waals surface area contributed by atoms with Gasteiger partial charge in [0.05, 0.1) is 16.1 Å². The Balaban J connectivity index is 1.91. The standard InChI is InChI=1S/C16H15Cl2NO/c1-19-16(11-6-4-7-12(17)15(11)18)14-9-10-5-2-3-8-13(10)20-14/h2-8,14,16,19H,9H2,1H3. The van der Waals surface area contributed by atoms with E-state index in [1.54, 1.807) is 6.07 Å². The highest BCUT2D eigenvalue weighted by molar-refractivity contribution is 6.42. The third kappa shape index (κ3) is 2.39. The SMILES string of the molecule is CNC(c1cccc(Cl)c1Cl)C1Cc2ccccc2O1. The minimum atomic E-state index is 0.00796. The van der Waals surface area contributed by atoms with Gasteiger partial charge in [-0.15, -0.1) is 0 Å². The van der Waals surface area contributed by atoms with E-state index < -0.39 is 0 Å². The number of ether oxygens (including phenoxy) is 1. The van der Waals surface area contributed by atoms with Crippen LogP contribution < -0.4 is 10.1 Å². The molecule has 2 nitrogen and oxygen atoms in total. The molecule has 1 heterocycles. The average molecular weight is 308 g/mol. The zero-order valence-electron chi connectivity index (χ0n) is 11.1. The summed E-state index contributed by atoms with van der Waals surface area (Å²) < 4.78 is 6.05. The molecule has 3 rings (SSSR count).